The van der Waals surface area contributed by atoms with Crippen LogP contribution < -0.4 is 15.5 Å². The van der Waals surface area contributed by atoms with E-state index in [2.05, 4.69) is 10.6 Å². The number of imide groups is 1. The Morgan fingerprint density at radius 1 is 0.818 bits per heavy atom. The van der Waals surface area contributed by atoms with Crippen LogP contribution >= 0.6 is 34.8 Å². The summed E-state index contributed by atoms with van der Waals surface area (Å²) in [4.78, 5) is 38.6. The number of para-hydroxylation sites is 1. The highest BCUT2D eigenvalue weighted by Gasteiger charge is 2.40. The summed E-state index contributed by atoms with van der Waals surface area (Å²) < 4.78 is 14.1. The van der Waals surface area contributed by atoms with Crippen molar-refractivity contribution in [1.82, 2.24) is 0 Å². The highest BCUT2D eigenvalue weighted by molar-refractivity contribution is 6.53. The predicted molar refractivity (Wildman–Crippen MR) is 126 cm³/mol. The van der Waals surface area contributed by atoms with E-state index in [0.29, 0.717) is 21.3 Å². The Morgan fingerprint density at radius 3 is 2.30 bits per heavy atom. The summed E-state index contributed by atoms with van der Waals surface area (Å²) in [5, 5.41) is 5.69. The predicted octanol–water partition coefficient (Wildman–Crippen LogP) is 5.82. The van der Waals surface area contributed by atoms with Crippen LogP contribution in [0.15, 0.2) is 77.5 Å². The van der Waals surface area contributed by atoms with E-state index in [-0.39, 0.29) is 22.0 Å². The van der Waals surface area contributed by atoms with Gasteiger partial charge in [0, 0.05) is 16.9 Å². The van der Waals surface area contributed by atoms with Crippen LogP contribution in [-0.4, -0.2) is 17.7 Å². The zero-order valence-electron chi connectivity index (χ0n) is 16.5. The average Bonchev–Trinajstić information content (AvgIpc) is 3.00. The first-order valence-corrected chi connectivity index (χ1v) is 10.6. The molecule has 0 bridgehead atoms. The van der Waals surface area contributed by atoms with E-state index >= 15 is 0 Å². The molecule has 0 unspecified atom stereocenters. The van der Waals surface area contributed by atoms with E-state index < -0.39 is 28.6 Å². The molecular weight excluding hydrogens is 492 g/mol. The number of carbonyl (C=O) groups is 3. The molecule has 3 aromatic carbocycles. The lowest BCUT2D eigenvalue weighted by atomic mass is 10.1. The maximum Gasteiger partial charge on any atom is 0.283 e. The number of halogens is 4. The molecule has 4 rings (SSSR count). The molecule has 6 nitrogen and oxygen atoms in total. The van der Waals surface area contributed by atoms with Crippen LogP contribution in [0.4, 0.5) is 21.5 Å². The summed E-state index contributed by atoms with van der Waals surface area (Å²) in [6.45, 7) is 0. The molecule has 1 aliphatic heterocycles. The molecule has 0 spiro atoms. The Bertz CT molecular complexity index is 1340. The molecule has 0 fully saturated rings. The molecule has 1 aliphatic rings. The zero-order chi connectivity index (χ0) is 23.7. The molecular formula is C23H13Cl3FN3O3. The Balaban J connectivity index is 1.55. The van der Waals surface area contributed by atoms with Crippen LogP contribution in [0.3, 0.4) is 0 Å². The van der Waals surface area contributed by atoms with Gasteiger partial charge >= 0.3 is 0 Å². The normalized spacial score (nSPS) is 13.5. The summed E-state index contributed by atoms with van der Waals surface area (Å²) in [5.74, 6) is -2.87. The van der Waals surface area contributed by atoms with Gasteiger partial charge in [-0.1, -0.05) is 53.0 Å². The van der Waals surface area contributed by atoms with Crippen LogP contribution in [0, 0.1) is 5.82 Å². The Kier molecular flexibility index (Phi) is 6.37. The molecule has 0 atom stereocenters. The van der Waals surface area contributed by atoms with Gasteiger partial charge in [-0.3, -0.25) is 14.4 Å². The number of amides is 3. The van der Waals surface area contributed by atoms with Crippen molar-refractivity contribution in [2.24, 2.45) is 0 Å². The first-order chi connectivity index (χ1) is 15.8. The second-order valence-electron chi connectivity index (χ2n) is 6.87. The summed E-state index contributed by atoms with van der Waals surface area (Å²) in [6.07, 6.45) is 0. The number of rotatable bonds is 5. The summed E-state index contributed by atoms with van der Waals surface area (Å²) in [7, 11) is 0. The maximum absolute atomic E-state index is 14.1. The molecule has 0 aliphatic carbocycles. The van der Waals surface area contributed by atoms with E-state index in [9.17, 15) is 18.8 Å². The molecule has 2 N–H and O–H groups in total. The van der Waals surface area contributed by atoms with Crippen molar-refractivity contribution in [3.05, 3.63) is 98.9 Å². The third-order valence-corrected chi connectivity index (χ3v) is 5.78. The summed E-state index contributed by atoms with van der Waals surface area (Å²) in [6, 6.07) is 16.2. The Hall–Kier alpha value is -3.39. The van der Waals surface area contributed by atoms with Crippen molar-refractivity contribution >= 4 is 69.6 Å². The number of anilines is 3. The SMILES string of the molecule is O=C(Nc1ccc(Cl)c(Cl)c1)c1cccc(NC2=C(Cl)C(=O)N(c3ccccc3F)C2=O)c1. The molecule has 0 saturated heterocycles. The summed E-state index contributed by atoms with van der Waals surface area (Å²) in [5.41, 5.74) is 0.576. The highest BCUT2D eigenvalue weighted by Crippen LogP contribution is 2.32. The third kappa shape index (κ3) is 4.57. The lowest BCUT2D eigenvalue weighted by Gasteiger charge is -2.15. The van der Waals surface area contributed by atoms with Crippen LogP contribution in [0.5, 0.6) is 0 Å². The van der Waals surface area contributed by atoms with Gasteiger partial charge in [0.05, 0.1) is 15.7 Å². The summed E-state index contributed by atoms with van der Waals surface area (Å²) >= 11 is 17.9. The molecule has 1 heterocycles. The molecule has 3 amide bonds. The zero-order valence-corrected chi connectivity index (χ0v) is 18.8. The average molecular weight is 505 g/mol. The van der Waals surface area contributed by atoms with E-state index in [1.54, 1.807) is 30.3 Å². The number of nitrogens with one attached hydrogen (secondary N) is 2. The van der Waals surface area contributed by atoms with Gasteiger partial charge in [-0.05, 0) is 48.5 Å². The van der Waals surface area contributed by atoms with Crippen LogP contribution in [0.2, 0.25) is 10.0 Å². The Labute approximate surface area is 202 Å². The fourth-order valence-electron chi connectivity index (χ4n) is 3.12. The number of nitrogens with zero attached hydrogens (tertiary/aromatic N) is 1. The number of carbonyl (C=O) groups excluding carboxylic acids is 3. The smallest absolute Gasteiger partial charge is 0.283 e. The van der Waals surface area contributed by atoms with E-state index in [1.807, 2.05) is 0 Å². The van der Waals surface area contributed by atoms with E-state index in [1.165, 1.54) is 30.3 Å². The van der Waals surface area contributed by atoms with Gasteiger partial charge in [0.2, 0.25) is 0 Å². The van der Waals surface area contributed by atoms with Crippen molar-refractivity contribution in [3.63, 3.8) is 0 Å². The fraction of sp³-hybridized carbons (Fsp3) is 0. The molecule has 0 radical (unpaired) electrons. The monoisotopic (exact) mass is 503 g/mol. The maximum atomic E-state index is 14.1. The highest BCUT2D eigenvalue weighted by atomic mass is 35.5. The van der Waals surface area contributed by atoms with Gasteiger partial charge < -0.3 is 10.6 Å². The van der Waals surface area contributed by atoms with Gasteiger partial charge in [0.15, 0.2) is 0 Å². The second kappa shape index (κ2) is 9.23. The van der Waals surface area contributed by atoms with Crippen molar-refractivity contribution in [2.75, 3.05) is 15.5 Å². The van der Waals surface area contributed by atoms with Gasteiger partial charge in [0.25, 0.3) is 17.7 Å². The number of hydrogen-bond donors (Lipinski definition) is 2. The quantitative estimate of drug-likeness (QED) is 0.429. The second-order valence-corrected chi connectivity index (χ2v) is 8.07. The number of benzene rings is 3. The van der Waals surface area contributed by atoms with Gasteiger partial charge in [-0.15, -0.1) is 0 Å². The fourth-order valence-corrected chi connectivity index (χ4v) is 3.63. The standard InChI is InChI=1S/C23H13Cl3FN3O3/c24-15-9-8-14(11-16(15)25)29-21(31)12-4-3-5-13(10-12)28-20-19(26)22(32)30(23(20)33)18-7-2-1-6-17(18)27/h1-11,28H,(H,29,31). The minimum atomic E-state index is -0.859. The lowest BCUT2D eigenvalue weighted by Crippen LogP contribution is -2.33. The molecule has 10 heteroatoms. The van der Waals surface area contributed by atoms with E-state index in [0.717, 1.165) is 6.07 Å². The molecule has 166 valence electrons. The van der Waals surface area contributed by atoms with Gasteiger partial charge in [0.1, 0.15) is 16.5 Å². The van der Waals surface area contributed by atoms with Crippen molar-refractivity contribution in [2.45, 2.75) is 0 Å². The minimum Gasteiger partial charge on any atom is -0.350 e. The largest absolute Gasteiger partial charge is 0.350 e. The van der Waals surface area contributed by atoms with Crippen LogP contribution in [-0.2, 0) is 9.59 Å². The van der Waals surface area contributed by atoms with Crippen LogP contribution in [0.1, 0.15) is 10.4 Å². The van der Waals surface area contributed by atoms with Crippen molar-refractivity contribution in [3.8, 4) is 0 Å². The minimum absolute atomic E-state index is 0.211. The van der Waals surface area contributed by atoms with Gasteiger partial charge in [-0.25, -0.2) is 9.29 Å². The van der Waals surface area contributed by atoms with Gasteiger partial charge in [-0.2, -0.15) is 0 Å². The molecule has 3 aromatic rings. The topological polar surface area (TPSA) is 78.5 Å². The van der Waals surface area contributed by atoms with E-state index in [4.69, 9.17) is 34.8 Å². The van der Waals surface area contributed by atoms with Crippen molar-refractivity contribution in [1.29, 1.82) is 0 Å². The first-order valence-electron chi connectivity index (χ1n) is 9.43. The number of hydrogen-bond acceptors (Lipinski definition) is 4. The van der Waals surface area contributed by atoms with Crippen LogP contribution in [0.25, 0.3) is 0 Å². The lowest BCUT2D eigenvalue weighted by molar-refractivity contribution is -0.120. The Morgan fingerprint density at radius 2 is 1.58 bits per heavy atom. The van der Waals surface area contributed by atoms with Crippen molar-refractivity contribution < 1.29 is 18.8 Å². The molecule has 0 aromatic heterocycles. The molecule has 0 saturated carbocycles. The third-order valence-electron chi connectivity index (χ3n) is 4.69. The molecule has 33 heavy (non-hydrogen) atoms. The first kappa shape index (κ1) is 22.8.